The van der Waals surface area contributed by atoms with Crippen molar-refractivity contribution in [3.05, 3.63) is 44.1 Å². The van der Waals surface area contributed by atoms with Gasteiger partial charge < -0.3 is 9.80 Å². The minimum Gasteiger partial charge on any atom is -0.369 e. The van der Waals surface area contributed by atoms with Crippen molar-refractivity contribution >= 4 is 50.2 Å². The predicted molar refractivity (Wildman–Crippen MR) is 121 cm³/mol. The predicted octanol–water partition coefficient (Wildman–Crippen LogP) is 4.33. The van der Waals surface area contributed by atoms with Crippen molar-refractivity contribution in [1.29, 1.82) is 0 Å². The number of anilines is 1. The highest BCUT2D eigenvalue weighted by atomic mass is 35.5. The summed E-state index contributed by atoms with van der Waals surface area (Å²) < 4.78 is 28.6. The standard InChI is InChI=1S/C20H25Cl2N3O2S2/c1-3-23(2)15-6-8-24(13-15)18-5-4-16(11-17(18)21)29(26,27)25-9-7-19-14(12-25)10-20(22)28-19/h4-5,10-11,15H,3,6-9,12-13H2,1-2H3. The van der Waals surface area contributed by atoms with E-state index < -0.39 is 10.0 Å². The third-order valence-corrected chi connectivity index (χ3v) is 9.49. The van der Waals surface area contributed by atoms with E-state index in [0.29, 0.717) is 34.9 Å². The first-order chi connectivity index (χ1) is 13.8. The second-order valence-electron chi connectivity index (χ2n) is 7.66. The normalized spacial score (nSPS) is 20.4. The summed E-state index contributed by atoms with van der Waals surface area (Å²) in [5, 5.41) is 0.488. The van der Waals surface area contributed by atoms with E-state index in [2.05, 4.69) is 23.8 Å². The molecule has 5 nitrogen and oxygen atoms in total. The second-order valence-corrected chi connectivity index (χ2v) is 11.8. The monoisotopic (exact) mass is 473 g/mol. The van der Waals surface area contributed by atoms with Gasteiger partial charge in [0.05, 0.1) is 19.9 Å². The molecule has 1 saturated heterocycles. The Hall–Kier alpha value is -0.830. The number of hydrogen-bond donors (Lipinski definition) is 0. The van der Waals surface area contributed by atoms with Crippen LogP contribution < -0.4 is 4.90 Å². The molecule has 0 amide bonds. The van der Waals surface area contributed by atoms with Gasteiger partial charge >= 0.3 is 0 Å². The van der Waals surface area contributed by atoms with Gasteiger partial charge in [0.15, 0.2) is 0 Å². The molecule has 0 N–H and O–H groups in total. The Bertz CT molecular complexity index is 1010. The molecule has 2 aliphatic heterocycles. The summed E-state index contributed by atoms with van der Waals surface area (Å²) in [6.07, 6.45) is 1.78. The largest absolute Gasteiger partial charge is 0.369 e. The summed E-state index contributed by atoms with van der Waals surface area (Å²) in [5.41, 5.74) is 1.91. The lowest BCUT2D eigenvalue weighted by Crippen LogP contribution is -2.35. The molecule has 1 aromatic carbocycles. The lowest BCUT2D eigenvalue weighted by atomic mass is 10.1. The van der Waals surface area contributed by atoms with Crippen LogP contribution in [0.4, 0.5) is 5.69 Å². The maximum atomic E-state index is 13.2. The van der Waals surface area contributed by atoms with Crippen molar-refractivity contribution in [2.24, 2.45) is 0 Å². The molecule has 9 heteroatoms. The van der Waals surface area contributed by atoms with Crippen LogP contribution in [0.1, 0.15) is 23.8 Å². The Morgan fingerprint density at radius 1 is 1.24 bits per heavy atom. The molecule has 0 saturated carbocycles. The van der Waals surface area contributed by atoms with Crippen LogP contribution in [0.5, 0.6) is 0 Å². The fraction of sp³-hybridized carbons (Fsp3) is 0.500. The number of halogens is 2. The summed E-state index contributed by atoms with van der Waals surface area (Å²) in [7, 11) is -1.47. The number of likely N-dealkylation sites (N-methyl/N-ethyl adjacent to an activating group) is 1. The van der Waals surface area contributed by atoms with Gasteiger partial charge in [-0.25, -0.2) is 8.42 Å². The molecule has 0 radical (unpaired) electrons. The zero-order valence-electron chi connectivity index (χ0n) is 16.6. The van der Waals surface area contributed by atoms with E-state index in [1.807, 2.05) is 12.1 Å². The van der Waals surface area contributed by atoms with Crippen LogP contribution in [0.25, 0.3) is 0 Å². The van der Waals surface area contributed by atoms with Gasteiger partial charge in [-0.1, -0.05) is 30.1 Å². The van der Waals surface area contributed by atoms with E-state index in [1.54, 1.807) is 12.1 Å². The number of nitrogens with zero attached hydrogens (tertiary/aromatic N) is 3. The van der Waals surface area contributed by atoms with Gasteiger partial charge in [0.25, 0.3) is 0 Å². The lowest BCUT2D eigenvalue weighted by Gasteiger charge is -2.27. The quantitative estimate of drug-likeness (QED) is 0.647. The molecule has 4 rings (SSSR count). The highest BCUT2D eigenvalue weighted by Crippen LogP contribution is 2.35. The van der Waals surface area contributed by atoms with Gasteiger partial charge in [0.2, 0.25) is 10.0 Å². The molecule has 1 aromatic heterocycles. The van der Waals surface area contributed by atoms with E-state index in [-0.39, 0.29) is 4.90 Å². The number of benzene rings is 1. The second kappa shape index (κ2) is 8.36. The Labute approximate surface area is 186 Å². The van der Waals surface area contributed by atoms with Crippen LogP contribution in [0.3, 0.4) is 0 Å². The Balaban J connectivity index is 1.53. The fourth-order valence-corrected chi connectivity index (χ4v) is 7.21. The maximum Gasteiger partial charge on any atom is 0.243 e. The molecule has 158 valence electrons. The van der Waals surface area contributed by atoms with Crippen LogP contribution in [0.15, 0.2) is 29.2 Å². The minimum atomic E-state index is -3.60. The van der Waals surface area contributed by atoms with Gasteiger partial charge in [-0.15, -0.1) is 11.3 Å². The molecule has 3 heterocycles. The molecular weight excluding hydrogens is 449 g/mol. The highest BCUT2D eigenvalue weighted by Gasteiger charge is 2.31. The topological polar surface area (TPSA) is 43.9 Å². The van der Waals surface area contributed by atoms with Crippen LogP contribution in [0, 0.1) is 0 Å². The third-order valence-electron chi connectivity index (χ3n) is 5.98. The molecule has 0 aliphatic carbocycles. The molecule has 1 atom stereocenters. The first-order valence-electron chi connectivity index (χ1n) is 9.81. The van der Waals surface area contributed by atoms with E-state index in [9.17, 15) is 8.42 Å². The average Bonchev–Trinajstić information content (AvgIpc) is 3.32. The van der Waals surface area contributed by atoms with Gasteiger partial charge in [-0.3, -0.25) is 0 Å². The average molecular weight is 474 g/mol. The summed E-state index contributed by atoms with van der Waals surface area (Å²) in [6.45, 7) is 5.82. The molecular formula is C20H25Cl2N3O2S2. The van der Waals surface area contributed by atoms with Crippen LogP contribution >= 0.6 is 34.5 Å². The van der Waals surface area contributed by atoms with E-state index >= 15 is 0 Å². The molecule has 2 aliphatic rings. The Morgan fingerprint density at radius 3 is 2.76 bits per heavy atom. The van der Waals surface area contributed by atoms with Gasteiger partial charge in [0, 0.05) is 37.1 Å². The molecule has 0 spiro atoms. The Kier molecular flexibility index (Phi) is 6.17. The zero-order chi connectivity index (χ0) is 20.8. The molecule has 0 bridgehead atoms. The fourth-order valence-electron chi connectivity index (χ4n) is 4.11. The van der Waals surface area contributed by atoms with E-state index in [1.165, 1.54) is 20.5 Å². The van der Waals surface area contributed by atoms with Crippen molar-refractivity contribution < 1.29 is 8.42 Å². The number of sulfonamides is 1. The minimum absolute atomic E-state index is 0.248. The van der Waals surface area contributed by atoms with Gasteiger partial charge in [-0.05, 0) is 56.3 Å². The summed E-state index contributed by atoms with van der Waals surface area (Å²) in [5.74, 6) is 0. The zero-order valence-corrected chi connectivity index (χ0v) is 19.7. The van der Waals surface area contributed by atoms with Crippen molar-refractivity contribution in [2.45, 2.75) is 37.2 Å². The third kappa shape index (κ3) is 4.18. The smallest absolute Gasteiger partial charge is 0.243 e. The van der Waals surface area contributed by atoms with Crippen LogP contribution in [-0.2, 0) is 23.0 Å². The maximum absolute atomic E-state index is 13.2. The number of hydrogen-bond acceptors (Lipinski definition) is 5. The van der Waals surface area contributed by atoms with Gasteiger partial charge in [-0.2, -0.15) is 4.31 Å². The molecule has 29 heavy (non-hydrogen) atoms. The van der Waals surface area contributed by atoms with Crippen molar-refractivity contribution in [2.75, 3.05) is 38.1 Å². The van der Waals surface area contributed by atoms with E-state index in [0.717, 1.165) is 37.3 Å². The van der Waals surface area contributed by atoms with Gasteiger partial charge in [0.1, 0.15) is 0 Å². The molecule has 1 fully saturated rings. The highest BCUT2D eigenvalue weighted by molar-refractivity contribution is 7.89. The number of thiophene rings is 1. The van der Waals surface area contributed by atoms with Crippen molar-refractivity contribution in [3.63, 3.8) is 0 Å². The van der Waals surface area contributed by atoms with E-state index in [4.69, 9.17) is 23.2 Å². The molecule has 2 aromatic rings. The molecule has 1 unspecified atom stereocenters. The summed E-state index contributed by atoms with van der Waals surface area (Å²) >= 11 is 14.2. The first kappa shape index (κ1) is 21.4. The van der Waals surface area contributed by atoms with Crippen molar-refractivity contribution in [3.8, 4) is 0 Å². The first-order valence-corrected chi connectivity index (χ1v) is 12.8. The van der Waals surface area contributed by atoms with Crippen LogP contribution in [-0.4, -0.2) is 56.9 Å². The van der Waals surface area contributed by atoms with Crippen LogP contribution in [0.2, 0.25) is 9.36 Å². The lowest BCUT2D eigenvalue weighted by molar-refractivity contribution is 0.272. The SMILES string of the molecule is CCN(C)C1CCN(c2ccc(S(=O)(=O)N3CCc4sc(Cl)cc4C3)cc2Cl)C1. The summed E-state index contributed by atoms with van der Waals surface area (Å²) in [6, 6.07) is 7.50. The van der Waals surface area contributed by atoms with Crippen molar-refractivity contribution in [1.82, 2.24) is 9.21 Å². The number of fused-ring (bicyclic) bond motifs is 1. The summed E-state index contributed by atoms with van der Waals surface area (Å²) in [4.78, 5) is 6.01. The Morgan fingerprint density at radius 2 is 2.03 bits per heavy atom. The number of rotatable bonds is 5.